The summed E-state index contributed by atoms with van der Waals surface area (Å²) in [5.41, 5.74) is 6.50. The molecule has 2 aliphatic rings. The maximum absolute atomic E-state index is 11.2. The van der Waals surface area contributed by atoms with Crippen LogP contribution >= 0.6 is 15.9 Å². The number of amides is 1. The number of hydrogen-bond donors (Lipinski definition) is 1. The van der Waals surface area contributed by atoms with E-state index in [9.17, 15) is 4.79 Å². The van der Waals surface area contributed by atoms with E-state index in [2.05, 4.69) is 20.8 Å². The third-order valence-corrected chi connectivity index (χ3v) is 4.52. The number of fused-ring (bicyclic) bond motifs is 1. The van der Waals surface area contributed by atoms with E-state index < -0.39 is 0 Å². The van der Waals surface area contributed by atoms with Gasteiger partial charge in [-0.05, 0) is 30.7 Å². The molecule has 1 atom stereocenters. The first-order valence-electron chi connectivity index (χ1n) is 6.73. The van der Waals surface area contributed by atoms with Gasteiger partial charge >= 0.3 is 0 Å². The summed E-state index contributed by atoms with van der Waals surface area (Å²) < 4.78 is 12.2. The number of nitrogens with zero attached hydrogens (tertiary/aromatic N) is 1. The van der Waals surface area contributed by atoms with Gasteiger partial charge in [-0.25, -0.2) is 0 Å². The summed E-state index contributed by atoms with van der Waals surface area (Å²) in [7, 11) is 0. The normalized spacial score (nSPS) is 21.9. The Labute approximate surface area is 126 Å². The van der Waals surface area contributed by atoms with Crippen molar-refractivity contribution in [3.8, 4) is 11.5 Å². The lowest BCUT2D eigenvalue weighted by Gasteiger charge is -2.22. The second-order valence-electron chi connectivity index (χ2n) is 5.21. The number of primary amides is 1. The molecule has 2 heterocycles. The topological polar surface area (TPSA) is 64.8 Å². The molecule has 1 amide bonds. The molecule has 0 spiro atoms. The maximum atomic E-state index is 11.2. The highest BCUT2D eigenvalue weighted by Crippen LogP contribution is 2.36. The Bertz CT molecular complexity index is 535. The number of halogens is 1. The number of carbonyl (C=O) groups excluding carboxylic acids is 1. The van der Waals surface area contributed by atoms with Crippen molar-refractivity contribution in [2.45, 2.75) is 13.0 Å². The fourth-order valence-corrected chi connectivity index (χ4v) is 3.12. The van der Waals surface area contributed by atoms with Gasteiger partial charge in [0, 0.05) is 17.6 Å². The molecule has 0 bridgehead atoms. The summed E-state index contributed by atoms with van der Waals surface area (Å²) in [5.74, 6) is 1.35. The van der Waals surface area contributed by atoms with Crippen LogP contribution in [0.2, 0.25) is 0 Å². The fraction of sp³-hybridized carbons (Fsp3) is 0.500. The zero-order valence-corrected chi connectivity index (χ0v) is 12.7. The molecule has 0 aliphatic carbocycles. The third kappa shape index (κ3) is 2.76. The van der Waals surface area contributed by atoms with Gasteiger partial charge in [-0.3, -0.25) is 9.69 Å². The van der Waals surface area contributed by atoms with Crippen molar-refractivity contribution in [1.82, 2.24) is 4.90 Å². The highest BCUT2D eigenvalue weighted by atomic mass is 79.9. The van der Waals surface area contributed by atoms with E-state index in [4.69, 9.17) is 15.2 Å². The fourth-order valence-electron chi connectivity index (χ4n) is 2.68. The summed E-state index contributed by atoms with van der Waals surface area (Å²) in [5, 5.41) is 0. The Morgan fingerprint density at radius 1 is 1.35 bits per heavy atom. The second-order valence-corrected chi connectivity index (χ2v) is 6.06. The summed E-state index contributed by atoms with van der Waals surface area (Å²) in [6.45, 7) is 3.58. The smallest absolute Gasteiger partial charge is 0.221 e. The van der Waals surface area contributed by atoms with Crippen LogP contribution in [-0.2, 0) is 11.3 Å². The van der Waals surface area contributed by atoms with Gasteiger partial charge < -0.3 is 15.2 Å². The van der Waals surface area contributed by atoms with Crippen LogP contribution in [0.1, 0.15) is 12.0 Å². The van der Waals surface area contributed by atoms with Crippen LogP contribution in [0, 0.1) is 5.92 Å². The molecular weight excluding hydrogens is 324 g/mol. The van der Waals surface area contributed by atoms with E-state index in [0.29, 0.717) is 13.2 Å². The van der Waals surface area contributed by atoms with Crippen LogP contribution in [0.5, 0.6) is 11.5 Å². The number of carbonyl (C=O) groups is 1. The van der Waals surface area contributed by atoms with Crippen LogP contribution in [0.15, 0.2) is 16.6 Å². The second kappa shape index (κ2) is 5.61. The molecule has 108 valence electrons. The maximum Gasteiger partial charge on any atom is 0.221 e. The summed E-state index contributed by atoms with van der Waals surface area (Å²) in [6.07, 6.45) is 0.845. The molecule has 6 heteroatoms. The SMILES string of the molecule is NC(=O)[C@H]1CCN(Cc2cc3c(cc2Br)OCCO3)C1. The van der Waals surface area contributed by atoms with Crippen molar-refractivity contribution in [3.63, 3.8) is 0 Å². The summed E-state index contributed by atoms with van der Waals surface area (Å²) >= 11 is 3.57. The molecular formula is C14H17BrN2O3. The van der Waals surface area contributed by atoms with Gasteiger partial charge in [0.25, 0.3) is 0 Å². The van der Waals surface area contributed by atoms with E-state index in [1.807, 2.05) is 12.1 Å². The number of benzene rings is 1. The molecule has 20 heavy (non-hydrogen) atoms. The van der Waals surface area contributed by atoms with Gasteiger partial charge in [0.1, 0.15) is 13.2 Å². The number of nitrogens with two attached hydrogens (primary N) is 1. The van der Waals surface area contributed by atoms with E-state index in [1.165, 1.54) is 0 Å². The number of rotatable bonds is 3. The molecule has 3 rings (SSSR count). The Kier molecular flexibility index (Phi) is 3.85. The van der Waals surface area contributed by atoms with E-state index >= 15 is 0 Å². The van der Waals surface area contributed by atoms with Crippen molar-refractivity contribution in [2.24, 2.45) is 11.7 Å². The third-order valence-electron chi connectivity index (χ3n) is 3.78. The minimum Gasteiger partial charge on any atom is -0.486 e. The first kappa shape index (κ1) is 13.7. The summed E-state index contributed by atoms with van der Waals surface area (Å²) in [4.78, 5) is 13.4. The molecule has 5 nitrogen and oxygen atoms in total. The lowest BCUT2D eigenvalue weighted by molar-refractivity contribution is -0.121. The molecule has 1 aromatic rings. The van der Waals surface area contributed by atoms with Crippen LogP contribution in [0.4, 0.5) is 0 Å². The number of likely N-dealkylation sites (tertiary alicyclic amines) is 1. The van der Waals surface area contributed by atoms with Crippen molar-refractivity contribution in [2.75, 3.05) is 26.3 Å². The van der Waals surface area contributed by atoms with E-state index in [1.54, 1.807) is 0 Å². The molecule has 0 aromatic heterocycles. The number of ether oxygens (including phenoxy) is 2. The van der Waals surface area contributed by atoms with Crippen molar-refractivity contribution < 1.29 is 14.3 Å². The Hall–Kier alpha value is -1.27. The zero-order chi connectivity index (χ0) is 14.1. The predicted octanol–water partition coefficient (Wildman–Crippen LogP) is 1.53. The van der Waals surface area contributed by atoms with Crippen molar-refractivity contribution in [1.29, 1.82) is 0 Å². The predicted molar refractivity (Wildman–Crippen MR) is 77.7 cm³/mol. The average Bonchev–Trinajstić information content (AvgIpc) is 2.88. The first-order chi connectivity index (χ1) is 9.63. The molecule has 2 N–H and O–H groups in total. The largest absolute Gasteiger partial charge is 0.486 e. The highest BCUT2D eigenvalue weighted by Gasteiger charge is 2.27. The van der Waals surface area contributed by atoms with Crippen LogP contribution in [-0.4, -0.2) is 37.1 Å². The van der Waals surface area contributed by atoms with Crippen molar-refractivity contribution >= 4 is 21.8 Å². The van der Waals surface area contributed by atoms with Crippen molar-refractivity contribution in [3.05, 3.63) is 22.2 Å². The van der Waals surface area contributed by atoms with Crippen LogP contribution in [0.25, 0.3) is 0 Å². The molecule has 0 unspecified atom stereocenters. The minimum absolute atomic E-state index is 0.0222. The molecule has 1 saturated heterocycles. The quantitative estimate of drug-likeness (QED) is 0.906. The zero-order valence-electron chi connectivity index (χ0n) is 11.1. The molecule has 2 aliphatic heterocycles. The standard InChI is InChI=1S/C14H17BrN2O3/c15-11-6-13-12(19-3-4-20-13)5-10(11)8-17-2-1-9(7-17)14(16)18/h5-6,9H,1-4,7-8H2,(H2,16,18)/t9-/m0/s1. The summed E-state index contributed by atoms with van der Waals surface area (Å²) in [6, 6.07) is 3.96. The first-order valence-corrected chi connectivity index (χ1v) is 7.52. The van der Waals surface area contributed by atoms with Crippen LogP contribution < -0.4 is 15.2 Å². The molecule has 0 radical (unpaired) electrons. The van der Waals surface area contributed by atoms with Gasteiger partial charge in [-0.2, -0.15) is 0 Å². The Balaban J connectivity index is 1.73. The van der Waals surface area contributed by atoms with Gasteiger partial charge in [0.2, 0.25) is 5.91 Å². The lowest BCUT2D eigenvalue weighted by Crippen LogP contribution is -2.27. The Morgan fingerprint density at radius 3 is 2.70 bits per heavy atom. The van der Waals surface area contributed by atoms with E-state index in [0.717, 1.165) is 47.6 Å². The van der Waals surface area contributed by atoms with E-state index in [-0.39, 0.29) is 11.8 Å². The minimum atomic E-state index is -0.200. The molecule has 1 aromatic carbocycles. The van der Waals surface area contributed by atoms with Gasteiger partial charge in [0.15, 0.2) is 11.5 Å². The average molecular weight is 341 g/mol. The van der Waals surface area contributed by atoms with Gasteiger partial charge in [-0.15, -0.1) is 0 Å². The van der Waals surface area contributed by atoms with Gasteiger partial charge in [0.05, 0.1) is 5.92 Å². The number of hydrogen-bond acceptors (Lipinski definition) is 4. The monoisotopic (exact) mass is 340 g/mol. The van der Waals surface area contributed by atoms with Crippen LogP contribution in [0.3, 0.4) is 0 Å². The lowest BCUT2D eigenvalue weighted by atomic mass is 10.1. The Morgan fingerprint density at radius 2 is 2.05 bits per heavy atom. The molecule has 0 saturated carbocycles. The van der Waals surface area contributed by atoms with Gasteiger partial charge in [-0.1, -0.05) is 15.9 Å². The molecule has 1 fully saturated rings. The highest BCUT2D eigenvalue weighted by molar-refractivity contribution is 9.10.